The monoisotopic (exact) mass is 295 g/mol. The summed E-state index contributed by atoms with van der Waals surface area (Å²) in [6.45, 7) is 8.47. The highest BCUT2D eigenvalue weighted by Gasteiger charge is 2.52. The molecule has 2 unspecified atom stereocenters. The molecule has 0 heterocycles. The molecule has 1 aliphatic carbocycles. The van der Waals surface area contributed by atoms with E-state index in [-0.39, 0.29) is 0 Å². The molecule has 1 N–H and O–H groups in total. The molecular formula is C17H26ClNO. The lowest BCUT2D eigenvalue weighted by Crippen LogP contribution is -2.63. The number of benzene rings is 1. The maximum absolute atomic E-state index is 6.20. The molecule has 0 amide bonds. The number of halogens is 1. The van der Waals surface area contributed by atoms with Gasteiger partial charge < -0.3 is 10.1 Å². The third-order valence-electron chi connectivity index (χ3n) is 4.92. The van der Waals surface area contributed by atoms with E-state index in [1.54, 1.807) is 0 Å². The van der Waals surface area contributed by atoms with E-state index in [0.29, 0.717) is 24.2 Å². The van der Waals surface area contributed by atoms with Crippen LogP contribution in [0.1, 0.15) is 45.6 Å². The zero-order chi connectivity index (χ0) is 14.6. The minimum absolute atomic E-state index is 0.308. The highest BCUT2D eigenvalue weighted by Crippen LogP contribution is 2.49. The Balaban J connectivity index is 1.94. The van der Waals surface area contributed by atoms with Gasteiger partial charge in [-0.3, -0.25) is 0 Å². The molecule has 20 heavy (non-hydrogen) atoms. The number of rotatable bonds is 7. The van der Waals surface area contributed by atoms with Gasteiger partial charge in [-0.15, -0.1) is 0 Å². The highest BCUT2D eigenvalue weighted by atomic mass is 35.5. The quantitative estimate of drug-likeness (QED) is 0.804. The molecule has 2 nitrogen and oxygen atoms in total. The van der Waals surface area contributed by atoms with Crippen molar-refractivity contribution in [2.75, 3.05) is 6.54 Å². The molecule has 0 spiro atoms. The first-order valence-electron chi connectivity index (χ1n) is 7.75. The van der Waals surface area contributed by atoms with Crippen LogP contribution >= 0.6 is 11.6 Å². The highest BCUT2D eigenvalue weighted by molar-refractivity contribution is 6.30. The standard InChI is InChI=1S/C17H26ClNO/c1-4-17(5-2)15(19-6-3)11-16(17)20-12-13-7-9-14(18)10-8-13/h7-10,15-16,19H,4-6,11-12H2,1-3H3. The van der Waals surface area contributed by atoms with Crippen molar-refractivity contribution < 1.29 is 4.74 Å². The summed E-state index contributed by atoms with van der Waals surface area (Å²) in [4.78, 5) is 0. The predicted molar refractivity (Wildman–Crippen MR) is 85.1 cm³/mol. The van der Waals surface area contributed by atoms with E-state index in [1.165, 1.54) is 18.4 Å². The summed E-state index contributed by atoms with van der Waals surface area (Å²) in [5.41, 5.74) is 1.50. The molecule has 0 aromatic heterocycles. The predicted octanol–water partition coefficient (Wildman–Crippen LogP) is 4.41. The Kier molecular flexibility index (Phi) is 5.48. The van der Waals surface area contributed by atoms with E-state index in [0.717, 1.165) is 18.0 Å². The van der Waals surface area contributed by atoms with Crippen LogP contribution < -0.4 is 5.32 Å². The summed E-state index contributed by atoms with van der Waals surface area (Å²) in [7, 11) is 0. The average molecular weight is 296 g/mol. The summed E-state index contributed by atoms with van der Waals surface area (Å²) in [6.07, 6.45) is 3.85. The lowest BCUT2D eigenvalue weighted by molar-refractivity contribution is -0.146. The molecule has 112 valence electrons. The largest absolute Gasteiger partial charge is 0.373 e. The first-order valence-corrected chi connectivity index (χ1v) is 8.13. The van der Waals surface area contributed by atoms with E-state index in [2.05, 4.69) is 26.1 Å². The topological polar surface area (TPSA) is 21.3 Å². The van der Waals surface area contributed by atoms with Gasteiger partial charge in [0.1, 0.15) is 0 Å². The summed E-state index contributed by atoms with van der Waals surface area (Å²) < 4.78 is 6.20. The second kappa shape index (κ2) is 6.93. The maximum atomic E-state index is 6.20. The number of hydrogen-bond acceptors (Lipinski definition) is 2. The normalized spacial score (nSPS) is 24.4. The van der Waals surface area contributed by atoms with Crippen LogP contribution in [-0.4, -0.2) is 18.7 Å². The van der Waals surface area contributed by atoms with Crippen LogP contribution in [0.4, 0.5) is 0 Å². The van der Waals surface area contributed by atoms with E-state index in [1.807, 2.05) is 24.3 Å². The van der Waals surface area contributed by atoms with Crippen LogP contribution in [-0.2, 0) is 11.3 Å². The van der Waals surface area contributed by atoms with Crippen molar-refractivity contribution in [3.63, 3.8) is 0 Å². The fourth-order valence-corrected chi connectivity index (χ4v) is 3.62. The Labute approximate surface area is 127 Å². The van der Waals surface area contributed by atoms with Gasteiger partial charge in [-0.1, -0.05) is 44.5 Å². The fraction of sp³-hybridized carbons (Fsp3) is 0.647. The third kappa shape index (κ3) is 3.03. The van der Waals surface area contributed by atoms with Gasteiger partial charge in [-0.05, 0) is 43.5 Å². The number of nitrogens with one attached hydrogen (secondary N) is 1. The van der Waals surface area contributed by atoms with Crippen LogP contribution in [0.2, 0.25) is 5.02 Å². The van der Waals surface area contributed by atoms with Gasteiger partial charge in [0.15, 0.2) is 0 Å². The van der Waals surface area contributed by atoms with Crippen molar-refractivity contribution in [3.05, 3.63) is 34.9 Å². The van der Waals surface area contributed by atoms with Crippen LogP contribution in [0.15, 0.2) is 24.3 Å². The Bertz CT molecular complexity index is 414. The van der Waals surface area contributed by atoms with Gasteiger partial charge in [-0.25, -0.2) is 0 Å². The molecule has 0 bridgehead atoms. The summed E-state index contributed by atoms with van der Waals surface area (Å²) in [6, 6.07) is 8.55. The molecule has 1 aromatic carbocycles. The van der Waals surface area contributed by atoms with Crippen LogP contribution in [0, 0.1) is 5.41 Å². The second-order valence-corrected chi connectivity index (χ2v) is 6.15. The molecule has 0 saturated heterocycles. The summed E-state index contributed by atoms with van der Waals surface area (Å²) >= 11 is 5.91. The van der Waals surface area contributed by atoms with Crippen LogP contribution in [0.5, 0.6) is 0 Å². The Hall–Kier alpha value is -0.570. The maximum Gasteiger partial charge on any atom is 0.0720 e. The van der Waals surface area contributed by atoms with Gasteiger partial charge in [0.25, 0.3) is 0 Å². The minimum atomic E-state index is 0.308. The second-order valence-electron chi connectivity index (χ2n) is 5.71. The molecule has 0 aliphatic heterocycles. The zero-order valence-electron chi connectivity index (χ0n) is 12.8. The molecular weight excluding hydrogens is 270 g/mol. The van der Waals surface area contributed by atoms with Gasteiger partial charge >= 0.3 is 0 Å². The lowest BCUT2D eigenvalue weighted by Gasteiger charge is -2.55. The lowest BCUT2D eigenvalue weighted by atomic mass is 9.58. The van der Waals surface area contributed by atoms with E-state index in [4.69, 9.17) is 16.3 Å². The molecule has 1 aliphatic rings. The van der Waals surface area contributed by atoms with Gasteiger partial charge in [0.05, 0.1) is 12.7 Å². The Morgan fingerprint density at radius 3 is 2.40 bits per heavy atom. The fourth-order valence-electron chi connectivity index (χ4n) is 3.49. The SMILES string of the molecule is CCNC1CC(OCc2ccc(Cl)cc2)C1(CC)CC. The molecule has 1 saturated carbocycles. The molecule has 3 heteroatoms. The first kappa shape index (κ1) is 15.8. The molecule has 1 fully saturated rings. The smallest absolute Gasteiger partial charge is 0.0720 e. The summed E-state index contributed by atoms with van der Waals surface area (Å²) in [5, 5.41) is 4.39. The van der Waals surface area contributed by atoms with Crippen molar-refractivity contribution in [2.24, 2.45) is 5.41 Å². The van der Waals surface area contributed by atoms with Crippen molar-refractivity contribution in [3.8, 4) is 0 Å². The van der Waals surface area contributed by atoms with Gasteiger partial charge in [0.2, 0.25) is 0 Å². The van der Waals surface area contributed by atoms with Gasteiger partial charge in [0, 0.05) is 16.5 Å². The molecule has 2 atom stereocenters. The van der Waals surface area contributed by atoms with Crippen LogP contribution in [0.25, 0.3) is 0 Å². The van der Waals surface area contributed by atoms with E-state index >= 15 is 0 Å². The molecule has 1 aromatic rings. The Morgan fingerprint density at radius 2 is 1.85 bits per heavy atom. The average Bonchev–Trinajstić information content (AvgIpc) is 2.45. The van der Waals surface area contributed by atoms with E-state index < -0.39 is 0 Å². The number of ether oxygens (including phenoxy) is 1. The van der Waals surface area contributed by atoms with E-state index in [9.17, 15) is 0 Å². The van der Waals surface area contributed by atoms with Crippen molar-refractivity contribution in [1.29, 1.82) is 0 Å². The van der Waals surface area contributed by atoms with Crippen molar-refractivity contribution in [2.45, 2.75) is 58.8 Å². The molecule has 0 radical (unpaired) electrons. The zero-order valence-corrected chi connectivity index (χ0v) is 13.5. The Morgan fingerprint density at radius 1 is 1.20 bits per heavy atom. The third-order valence-corrected chi connectivity index (χ3v) is 5.17. The van der Waals surface area contributed by atoms with Crippen molar-refractivity contribution >= 4 is 11.6 Å². The first-order chi connectivity index (χ1) is 9.66. The van der Waals surface area contributed by atoms with Crippen LogP contribution in [0.3, 0.4) is 0 Å². The van der Waals surface area contributed by atoms with Gasteiger partial charge in [-0.2, -0.15) is 0 Å². The summed E-state index contributed by atoms with van der Waals surface area (Å²) in [5.74, 6) is 0. The van der Waals surface area contributed by atoms with Crippen molar-refractivity contribution in [1.82, 2.24) is 5.32 Å². The molecule has 2 rings (SSSR count). The number of hydrogen-bond donors (Lipinski definition) is 1. The minimum Gasteiger partial charge on any atom is -0.373 e.